The summed E-state index contributed by atoms with van der Waals surface area (Å²) in [6, 6.07) is 7.99. The van der Waals surface area contributed by atoms with E-state index in [1.165, 1.54) is 13.2 Å². The summed E-state index contributed by atoms with van der Waals surface area (Å²) in [5, 5.41) is 0. The molecule has 0 aliphatic rings. The summed E-state index contributed by atoms with van der Waals surface area (Å²) >= 11 is 3.29. The fourth-order valence-corrected chi connectivity index (χ4v) is 2.09. The van der Waals surface area contributed by atoms with Crippen molar-refractivity contribution in [3.8, 4) is 11.5 Å². The monoisotopic (exact) mass is 356 g/mol. The minimum Gasteiger partial charge on any atom is -0.497 e. The summed E-state index contributed by atoms with van der Waals surface area (Å²) < 4.78 is 36.9. The van der Waals surface area contributed by atoms with Gasteiger partial charge >= 0.3 is 0 Å². The summed E-state index contributed by atoms with van der Waals surface area (Å²) in [6.45, 7) is -0.282. The highest BCUT2D eigenvalue weighted by molar-refractivity contribution is 9.10. The lowest BCUT2D eigenvalue weighted by molar-refractivity contribution is 0.0920. The first kappa shape index (κ1) is 15.4. The van der Waals surface area contributed by atoms with Crippen molar-refractivity contribution >= 4 is 21.7 Å². The van der Waals surface area contributed by atoms with E-state index < -0.39 is 17.4 Å². The zero-order valence-electron chi connectivity index (χ0n) is 11.0. The minimum absolute atomic E-state index is 0.0542. The van der Waals surface area contributed by atoms with Crippen LogP contribution in [0, 0.1) is 11.6 Å². The Kier molecular flexibility index (Phi) is 4.90. The van der Waals surface area contributed by atoms with Gasteiger partial charge in [-0.1, -0.05) is 0 Å². The maximum Gasteiger partial charge on any atom is 0.200 e. The van der Waals surface area contributed by atoms with Gasteiger partial charge in [0.25, 0.3) is 0 Å². The number of halogens is 3. The van der Waals surface area contributed by atoms with Gasteiger partial charge in [-0.15, -0.1) is 0 Å². The molecule has 0 atom stereocenters. The molecule has 0 N–H and O–H groups in total. The summed E-state index contributed by atoms with van der Waals surface area (Å²) in [4.78, 5) is 11.9. The molecule has 110 valence electrons. The van der Waals surface area contributed by atoms with Crippen LogP contribution in [0.25, 0.3) is 0 Å². The highest BCUT2D eigenvalue weighted by Gasteiger charge is 2.11. The molecule has 0 heterocycles. The third-order valence-electron chi connectivity index (χ3n) is 2.74. The average Bonchev–Trinajstić information content (AvgIpc) is 2.48. The van der Waals surface area contributed by atoms with Crippen LogP contribution < -0.4 is 9.47 Å². The van der Waals surface area contributed by atoms with Crippen LogP contribution in [0.3, 0.4) is 0 Å². The maximum atomic E-state index is 13.1. The van der Waals surface area contributed by atoms with Gasteiger partial charge in [0.1, 0.15) is 11.5 Å². The molecule has 0 saturated carbocycles. The number of benzene rings is 2. The van der Waals surface area contributed by atoms with Crippen LogP contribution in [-0.2, 0) is 0 Å². The lowest BCUT2D eigenvalue weighted by Crippen LogP contribution is -2.12. The summed E-state index contributed by atoms with van der Waals surface area (Å²) in [5.41, 5.74) is 0.0542. The molecule has 2 aromatic carbocycles. The van der Waals surface area contributed by atoms with E-state index >= 15 is 0 Å². The molecule has 0 saturated heterocycles. The van der Waals surface area contributed by atoms with Crippen LogP contribution in [0.4, 0.5) is 8.78 Å². The SMILES string of the molecule is COc1ccc(OCC(=O)c2ccc(F)c(F)c2)c(Br)c1. The van der Waals surface area contributed by atoms with Gasteiger partial charge < -0.3 is 9.47 Å². The number of Topliss-reactive ketones (excluding diaryl/α,β-unsaturated/α-hetero) is 1. The van der Waals surface area contributed by atoms with E-state index in [2.05, 4.69) is 15.9 Å². The number of carbonyl (C=O) groups is 1. The van der Waals surface area contributed by atoms with Gasteiger partial charge in [-0.05, 0) is 52.3 Å². The van der Waals surface area contributed by atoms with Crippen molar-refractivity contribution in [1.29, 1.82) is 0 Å². The summed E-state index contributed by atoms with van der Waals surface area (Å²) in [5.74, 6) is -1.42. The lowest BCUT2D eigenvalue weighted by Gasteiger charge is -2.09. The number of hydrogen-bond donors (Lipinski definition) is 0. The van der Waals surface area contributed by atoms with E-state index in [0.717, 1.165) is 12.1 Å². The van der Waals surface area contributed by atoms with Crippen LogP contribution >= 0.6 is 15.9 Å². The second-order valence-corrected chi connectivity index (χ2v) is 4.99. The maximum absolute atomic E-state index is 13.1. The number of methoxy groups -OCH3 is 1. The molecule has 6 heteroatoms. The van der Waals surface area contributed by atoms with E-state index in [4.69, 9.17) is 9.47 Å². The molecule has 0 amide bonds. The van der Waals surface area contributed by atoms with Gasteiger partial charge in [0.15, 0.2) is 24.0 Å². The molecule has 0 aromatic heterocycles. The van der Waals surface area contributed by atoms with E-state index in [-0.39, 0.29) is 12.2 Å². The Morgan fingerprint density at radius 3 is 2.52 bits per heavy atom. The predicted molar refractivity (Wildman–Crippen MR) is 76.9 cm³/mol. The summed E-state index contributed by atoms with van der Waals surface area (Å²) in [6.07, 6.45) is 0. The molecule has 0 fully saturated rings. The lowest BCUT2D eigenvalue weighted by atomic mass is 10.1. The molecule has 0 bridgehead atoms. The Morgan fingerprint density at radius 2 is 1.90 bits per heavy atom. The molecule has 0 aliphatic heterocycles. The third kappa shape index (κ3) is 3.78. The fourth-order valence-electron chi connectivity index (χ4n) is 1.62. The van der Waals surface area contributed by atoms with Crippen LogP contribution in [0.2, 0.25) is 0 Å². The van der Waals surface area contributed by atoms with Gasteiger partial charge in [-0.3, -0.25) is 4.79 Å². The molecule has 0 unspecified atom stereocenters. The van der Waals surface area contributed by atoms with Crippen molar-refractivity contribution in [2.24, 2.45) is 0 Å². The van der Waals surface area contributed by atoms with Crippen molar-refractivity contribution in [1.82, 2.24) is 0 Å². The standard InChI is InChI=1S/C15H11BrF2O3/c1-20-10-3-5-15(11(16)7-10)21-8-14(19)9-2-4-12(17)13(18)6-9/h2-7H,8H2,1H3. The summed E-state index contributed by atoms with van der Waals surface area (Å²) in [7, 11) is 1.54. The van der Waals surface area contributed by atoms with Crippen molar-refractivity contribution < 1.29 is 23.0 Å². The highest BCUT2D eigenvalue weighted by Crippen LogP contribution is 2.29. The Balaban J connectivity index is 2.05. The Hall–Kier alpha value is -1.95. The Labute approximate surface area is 128 Å². The largest absolute Gasteiger partial charge is 0.497 e. The number of carbonyl (C=O) groups excluding carboxylic acids is 1. The topological polar surface area (TPSA) is 35.5 Å². The predicted octanol–water partition coefficient (Wildman–Crippen LogP) is 4.00. The quantitative estimate of drug-likeness (QED) is 0.759. The van der Waals surface area contributed by atoms with Gasteiger partial charge in [0.2, 0.25) is 0 Å². The highest BCUT2D eigenvalue weighted by atomic mass is 79.9. The molecular formula is C15H11BrF2O3. The first-order valence-electron chi connectivity index (χ1n) is 5.96. The molecule has 3 nitrogen and oxygen atoms in total. The Bertz CT molecular complexity index is 674. The van der Waals surface area contributed by atoms with E-state index in [0.29, 0.717) is 16.0 Å². The van der Waals surface area contributed by atoms with Gasteiger partial charge in [0, 0.05) is 5.56 Å². The van der Waals surface area contributed by atoms with Gasteiger partial charge in [-0.2, -0.15) is 0 Å². The molecule has 2 aromatic rings. The Morgan fingerprint density at radius 1 is 1.14 bits per heavy atom. The average molecular weight is 357 g/mol. The first-order valence-corrected chi connectivity index (χ1v) is 6.75. The first-order chi connectivity index (χ1) is 10.0. The zero-order chi connectivity index (χ0) is 15.4. The molecule has 0 radical (unpaired) electrons. The van der Waals surface area contributed by atoms with Crippen LogP contribution in [0.5, 0.6) is 11.5 Å². The van der Waals surface area contributed by atoms with Crippen LogP contribution in [-0.4, -0.2) is 19.5 Å². The number of ketones is 1. The molecule has 0 aliphatic carbocycles. The van der Waals surface area contributed by atoms with Crippen LogP contribution in [0.15, 0.2) is 40.9 Å². The van der Waals surface area contributed by atoms with Crippen LogP contribution in [0.1, 0.15) is 10.4 Å². The van der Waals surface area contributed by atoms with E-state index in [1.807, 2.05) is 0 Å². The number of ether oxygens (including phenoxy) is 2. The number of rotatable bonds is 5. The van der Waals surface area contributed by atoms with Crippen molar-refractivity contribution in [3.63, 3.8) is 0 Å². The molecule has 21 heavy (non-hydrogen) atoms. The van der Waals surface area contributed by atoms with Crippen molar-refractivity contribution in [2.45, 2.75) is 0 Å². The zero-order valence-corrected chi connectivity index (χ0v) is 12.6. The van der Waals surface area contributed by atoms with Gasteiger partial charge in [0.05, 0.1) is 11.6 Å². The van der Waals surface area contributed by atoms with Crippen molar-refractivity contribution in [2.75, 3.05) is 13.7 Å². The molecule has 2 rings (SSSR count). The molecule has 0 spiro atoms. The van der Waals surface area contributed by atoms with Crippen molar-refractivity contribution in [3.05, 3.63) is 58.1 Å². The van der Waals surface area contributed by atoms with E-state index in [1.54, 1.807) is 18.2 Å². The fraction of sp³-hybridized carbons (Fsp3) is 0.133. The molecular weight excluding hydrogens is 346 g/mol. The van der Waals surface area contributed by atoms with Gasteiger partial charge in [-0.25, -0.2) is 8.78 Å². The second kappa shape index (κ2) is 6.67. The second-order valence-electron chi connectivity index (χ2n) is 4.14. The number of hydrogen-bond acceptors (Lipinski definition) is 3. The normalized spacial score (nSPS) is 10.3. The smallest absolute Gasteiger partial charge is 0.200 e. The van der Waals surface area contributed by atoms with E-state index in [9.17, 15) is 13.6 Å². The minimum atomic E-state index is -1.06. The third-order valence-corrected chi connectivity index (χ3v) is 3.36.